The molecule has 0 bridgehead atoms. The third-order valence-corrected chi connectivity index (χ3v) is 3.06. The quantitative estimate of drug-likeness (QED) is 0.828. The molecule has 0 radical (unpaired) electrons. The summed E-state index contributed by atoms with van der Waals surface area (Å²) in [5.41, 5.74) is 2.38. The third kappa shape index (κ3) is 1.81. The predicted octanol–water partition coefficient (Wildman–Crippen LogP) is 3.38. The van der Waals surface area contributed by atoms with Gasteiger partial charge < -0.3 is 10.1 Å². The van der Waals surface area contributed by atoms with Crippen LogP contribution in [0.5, 0.6) is 0 Å². The van der Waals surface area contributed by atoms with Crippen molar-refractivity contribution in [2.24, 2.45) is 0 Å². The van der Waals surface area contributed by atoms with E-state index in [4.69, 9.17) is 5.11 Å². The number of fused-ring (bicyclic) bond motifs is 1. The number of benzene rings is 1. The van der Waals surface area contributed by atoms with Crippen molar-refractivity contribution in [3.63, 3.8) is 0 Å². The number of nitrogens with one attached hydrogen (secondary N) is 1. The molecule has 1 aromatic carbocycles. The molecule has 0 fully saturated rings. The Bertz CT molecular complexity index is 528. The molecule has 1 heterocycles. The van der Waals surface area contributed by atoms with Gasteiger partial charge in [0.2, 0.25) is 0 Å². The first kappa shape index (κ1) is 10.7. The van der Waals surface area contributed by atoms with E-state index in [9.17, 15) is 4.79 Å². The first-order valence-electron chi connectivity index (χ1n) is 5.47. The van der Waals surface area contributed by atoms with Crippen molar-refractivity contribution in [3.05, 3.63) is 35.5 Å². The minimum absolute atomic E-state index is 0.247. The second-order valence-corrected chi connectivity index (χ2v) is 4.14. The highest BCUT2D eigenvalue weighted by Gasteiger charge is 2.09. The van der Waals surface area contributed by atoms with Crippen molar-refractivity contribution in [3.8, 4) is 0 Å². The highest BCUT2D eigenvalue weighted by Crippen LogP contribution is 2.24. The summed E-state index contributed by atoms with van der Waals surface area (Å²) in [4.78, 5) is 13.7. The van der Waals surface area contributed by atoms with Gasteiger partial charge in [0, 0.05) is 10.9 Å². The summed E-state index contributed by atoms with van der Waals surface area (Å²) >= 11 is 0. The Morgan fingerprint density at radius 2 is 2.19 bits per heavy atom. The highest BCUT2D eigenvalue weighted by molar-refractivity contribution is 5.93. The molecule has 2 N–H and O–H groups in total. The van der Waals surface area contributed by atoms with Crippen molar-refractivity contribution < 1.29 is 9.90 Å². The van der Waals surface area contributed by atoms with Crippen LogP contribution >= 0.6 is 0 Å². The minimum atomic E-state index is -0.915. The Balaban J connectivity index is 2.49. The smallest absolute Gasteiger partial charge is 0.352 e. The first-order valence-corrected chi connectivity index (χ1v) is 5.47. The summed E-state index contributed by atoms with van der Waals surface area (Å²) < 4.78 is 0. The molecule has 0 spiro atoms. The van der Waals surface area contributed by atoms with Crippen molar-refractivity contribution in [2.75, 3.05) is 0 Å². The fourth-order valence-corrected chi connectivity index (χ4v) is 1.81. The van der Waals surface area contributed by atoms with Gasteiger partial charge in [-0.25, -0.2) is 4.79 Å². The molecular formula is C13H15NO2. The fraction of sp³-hybridized carbons (Fsp3) is 0.308. The van der Waals surface area contributed by atoms with E-state index < -0.39 is 5.97 Å². The summed E-state index contributed by atoms with van der Waals surface area (Å²) in [6.07, 6.45) is 1.09. The number of rotatable bonds is 3. The minimum Gasteiger partial charge on any atom is -0.477 e. The van der Waals surface area contributed by atoms with Crippen LogP contribution in [-0.2, 0) is 0 Å². The van der Waals surface area contributed by atoms with E-state index >= 15 is 0 Å². The number of hydrogen-bond donors (Lipinski definition) is 2. The number of carboxylic acid groups (broad SMARTS) is 1. The van der Waals surface area contributed by atoms with E-state index in [0.717, 1.165) is 17.3 Å². The number of aromatic carboxylic acids is 1. The maximum absolute atomic E-state index is 10.8. The third-order valence-electron chi connectivity index (χ3n) is 3.06. The molecule has 2 aromatic rings. The fourth-order valence-electron chi connectivity index (χ4n) is 1.81. The largest absolute Gasteiger partial charge is 0.477 e. The summed E-state index contributed by atoms with van der Waals surface area (Å²) in [6, 6.07) is 7.75. The Labute approximate surface area is 94.1 Å². The average molecular weight is 217 g/mol. The normalized spacial score (nSPS) is 12.9. The monoisotopic (exact) mass is 217 g/mol. The van der Waals surface area contributed by atoms with Gasteiger partial charge in [-0.1, -0.05) is 19.9 Å². The first-order chi connectivity index (χ1) is 7.61. The van der Waals surface area contributed by atoms with Crippen molar-refractivity contribution in [1.29, 1.82) is 0 Å². The molecule has 0 saturated heterocycles. The lowest BCUT2D eigenvalue weighted by molar-refractivity contribution is 0.0691. The Kier molecular flexibility index (Phi) is 2.69. The van der Waals surface area contributed by atoms with Crippen LogP contribution in [-0.4, -0.2) is 16.1 Å². The van der Waals surface area contributed by atoms with Crippen LogP contribution in [0.3, 0.4) is 0 Å². The van der Waals surface area contributed by atoms with Gasteiger partial charge in [-0.05, 0) is 36.1 Å². The number of carboxylic acids is 1. The van der Waals surface area contributed by atoms with Crippen molar-refractivity contribution in [1.82, 2.24) is 4.98 Å². The molecule has 0 aliphatic rings. The highest BCUT2D eigenvalue weighted by atomic mass is 16.4. The lowest BCUT2D eigenvalue weighted by Gasteiger charge is -2.08. The molecule has 1 aromatic heterocycles. The van der Waals surface area contributed by atoms with Crippen LogP contribution in [0.1, 0.15) is 42.2 Å². The average Bonchev–Trinajstić information content (AvgIpc) is 2.70. The summed E-state index contributed by atoms with van der Waals surface area (Å²) in [7, 11) is 0. The van der Waals surface area contributed by atoms with E-state index in [1.807, 2.05) is 6.07 Å². The standard InChI is InChI=1S/C13H15NO2/c1-3-8(2)9-4-5-11-10(6-9)7-12(14-11)13(15)16/h4-8,14H,3H2,1-2H3,(H,15,16)/t8-/m1/s1. The number of hydrogen-bond acceptors (Lipinski definition) is 1. The molecule has 16 heavy (non-hydrogen) atoms. The van der Waals surface area contributed by atoms with E-state index in [1.165, 1.54) is 5.56 Å². The summed E-state index contributed by atoms with van der Waals surface area (Å²) in [5, 5.41) is 9.85. The molecule has 0 amide bonds. The van der Waals surface area contributed by atoms with Gasteiger partial charge in [0.25, 0.3) is 0 Å². The molecule has 0 saturated carbocycles. The van der Waals surface area contributed by atoms with Crippen LogP contribution in [0.15, 0.2) is 24.3 Å². The van der Waals surface area contributed by atoms with Gasteiger partial charge in [-0.15, -0.1) is 0 Å². The number of aromatic nitrogens is 1. The second kappa shape index (κ2) is 4.00. The van der Waals surface area contributed by atoms with Crippen LogP contribution < -0.4 is 0 Å². The molecule has 0 unspecified atom stereocenters. The zero-order chi connectivity index (χ0) is 11.7. The zero-order valence-electron chi connectivity index (χ0n) is 9.45. The Morgan fingerprint density at radius 3 is 2.81 bits per heavy atom. The van der Waals surface area contributed by atoms with Gasteiger partial charge >= 0.3 is 5.97 Å². The van der Waals surface area contributed by atoms with Gasteiger partial charge in [0.15, 0.2) is 0 Å². The SMILES string of the molecule is CC[C@@H](C)c1ccc2[nH]c(C(=O)O)cc2c1. The molecule has 2 rings (SSSR count). The molecule has 0 aliphatic heterocycles. The number of carbonyl (C=O) groups is 1. The molecule has 0 aliphatic carbocycles. The Morgan fingerprint density at radius 1 is 1.44 bits per heavy atom. The summed E-state index contributed by atoms with van der Waals surface area (Å²) in [6.45, 7) is 4.32. The number of H-pyrrole nitrogens is 1. The topological polar surface area (TPSA) is 53.1 Å². The van der Waals surface area contributed by atoms with Gasteiger partial charge in [0.1, 0.15) is 5.69 Å². The van der Waals surface area contributed by atoms with Crippen LogP contribution in [0.2, 0.25) is 0 Å². The van der Waals surface area contributed by atoms with E-state index in [2.05, 4.69) is 31.0 Å². The van der Waals surface area contributed by atoms with E-state index in [1.54, 1.807) is 6.07 Å². The maximum Gasteiger partial charge on any atom is 0.352 e. The second-order valence-electron chi connectivity index (χ2n) is 4.14. The van der Waals surface area contributed by atoms with Gasteiger partial charge in [0.05, 0.1) is 0 Å². The molecule has 84 valence electrons. The predicted molar refractivity (Wildman–Crippen MR) is 64.0 cm³/mol. The molecule has 1 atom stereocenters. The lowest BCUT2D eigenvalue weighted by atomic mass is 9.98. The van der Waals surface area contributed by atoms with E-state index in [0.29, 0.717) is 5.92 Å². The zero-order valence-corrected chi connectivity index (χ0v) is 9.45. The van der Waals surface area contributed by atoms with Crippen LogP contribution in [0.4, 0.5) is 0 Å². The molecule has 3 heteroatoms. The van der Waals surface area contributed by atoms with Gasteiger partial charge in [-0.3, -0.25) is 0 Å². The molecule has 3 nitrogen and oxygen atoms in total. The Hall–Kier alpha value is -1.77. The lowest BCUT2D eigenvalue weighted by Crippen LogP contribution is -1.94. The number of aromatic amines is 1. The molecular weight excluding hydrogens is 202 g/mol. The van der Waals surface area contributed by atoms with Gasteiger partial charge in [-0.2, -0.15) is 0 Å². The van der Waals surface area contributed by atoms with Crippen molar-refractivity contribution in [2.45, 2.75) is 26.2 Å². The summed E-state index contributed by atoms with van der Waals surface area (Å²) in [5.74, 6) is -0.408. The maximum atomic E-state index is 10.8. The van der Waals surface area contributed by atoms with Crippen molar-refractivity contribution >= 4 is 16.9 Å². The van der Waals surface area contributed by atoms with E-state index in [-0.39, 0.29) is 5.69 Å². The van der Waals surface area contributed by atoms with Crippen LogP contribution in [0.25, 0.3) is 10.9 Å². The van der Waals surface area contributed by atoms with Crippen LogP contribution in [0, 0.1) is 0 Å².